The van der Waals surface area contributed by atoms with E-state index in [0.717, 1.165) is 11.1 Å². The van der Waals surface area contributed by atoms with E-state index in [-0.39, 0.29) is 18.4 Å². The van der Waals surface area contributed by atoms with Crippen LogP contribution in [0.5, 0.6) is 5.88 Å². The number of nitrogens with zero attached hydrogens (tertiary/aromatic N) is 1. The maximum Gasteiger partial charge on any atom is 0.262 e. The van der Waals surface area contributed by atoms with Gasteiger partial charge in [0.25, 0.3) is 5.91 Å². The Hall–Kier alpha value is -3.19. The van der Waals surface area contributed by atoms with Crippen LogP contribution in [-0.4, -0.2) is 29.4 Å². The van der Waals surface area contributed by atoms with Crippen molar-refractivity contribution >= 4 is 23.2 Å². The van der Waals surface area contributed by atoms with Gasteiger partial charge < -0.3 is 15.4 Å². The number of ether oxygens (including phenoxy) is 1. The highest BCUT2D eigenvalue weighted by Gasteiger charge is 2.22. The summed E-state index contributed by atoms with van der Waals surface area (Å²) in [6.07, 6.45) is 2.05. The van der Waals surface area contributed by atoms with E-state index >= 15 is 0 Å². The van der Waals surface area contributed by atoms with E-state index in [1.807, 2.05) is 54.8 Å². The van der Waals surface area contributed by atoms with Crippen molar-refractivity contribution in [3.63, 3.8) is 0 Å². The molecule has 0 aliphatic carbocycles. The molecule has 2 N–H and O–H groups in total. The van der Waals surface area contributed by atoms with Gasteiger partial charge >= 0.3 is 0 Å². The quantitative estimate of drug-likeness (QED) is 0.569. The maximum atomic E-state index is 12.9. The average Bonchev–Trinajstić information content (AvgIpc) is 3.28. The molecule has 0 spiro atoms. The summed E-state index contributed by atoms with van der Waals surface area (Å²) in [6.45, 7) is 2.64. The smallest absolute Gasteiger partial charge is 0.262 e. The molecule has 0 aliphatic heterocycles. The van der Waals surface area contributed by atoms with Gasteiger partial charge in [-0.2, -0.15) is 0 Å². The van der Waals surface area contributed by atoms with Crippen molar-refractivity contribution in [2.24, 2.45) is 0 Å². The standard InChI is InChI=1S/C22H23N3O3S/c1-2-28-22-17(10-6-12-23-22)15-24-20(26)18(14-16-8-4-3-5-9-16)25-21(27)19-11-7-13-29-19/h3-13,18H,2,14-15H2,1H3,(H,24,26)(H,25,27). The minimum absolute atomic E-state index is 0.257. The lowest BCUT2D eigenvalue weighted by molar-refractivity contribution is -0.123. The summed E-state index contributed by atoms with van der Waals surface area (Å²) < 4.78 is 5.51. The summed E-state index contributed by atoms with van der Waals surface area (Å²) in [5.74, 6) is -0.0185. The van der Waals surface area contributed by atoms with Crippen LogP contribution < -0.4 is 15.4 Å². The van der Waals surface area contributed by atoms with Gasteiger partial charge in [-0.05, 0) is 30.0 Å². The van der Waals surface area contributed by atoms with Crippen molar-refractivity contribution in [1.29, 1.82) is 0 Å². The number of carbonyl (C=O) groups excluding carboxylic acids is 2. The van der Waals surface area contributed by atoms with Gasteiger partial charge in [-0.15, -0.1) is 11.3 Å². The molecule has 1 unspecified atom stereocenters. The highest BCUT2D eigenvalue weighted by atomic mass is 32.1. The van der Waals surface area contributed by atoms with E-state index in [2.05, 4.69) is 15.6 Å². The summed E-state index contributed by atoms with van der Waals surface area (Å²) in [5.41, 5.74) is 1.75. The van der Waals surface area contributed by atoms with Gasteiger partial charge in [0, 0.05) is 24.7 Å². The topological polar surface area (TPSA) is 80.3 Å². The normalized spacial score (nSPS) is 11.5. The molecule has 150 valence electrons. The van der Waals surface area contributed by atoms with Gasteiger partial charge in [-0.3, -0.25) is 9.59 Å². The van der Waals surface area contributed by atoms with E-state index in [1.54, 1.807) is 18.3 Å². The molecule has 1 atom stereocenters. The Bertz CT molecular complexity index is 929. The molecule has 0 fully saturated rings. The molecule has 2 heterocycles. The molecule has 0 saturated heterocycles. The summed E-state index contributed by atoms with van der Waals surface area (Å²) in [6, 6.07) is 16.1. The first-order valence-corrected chi connectivity index (χ1v) is 10.3. The van der Waals surface area contributed by atoms with Gasteiger partial charge in [0.05, 0.1) is 11.5 Å². The van der Waals surface area contributed by atoms with Crippen molar-refractivity contribution in [2.75, 3.05) is 6.61 Å². The third-order valence-electron chi connectivity index (χ3n) is 4.23. The SMILES string of the molecule is CCOc1ncccc1CNC(=O)C(Cc1ccccc1)NC(=O)c1cccs1. The molecule has 0 bridgehead atoms. The Balaban J connectivity index is 1.70. The second-order valence-electron chi connectivity index (χ2n) is 6.31. The Labute approximate surface area is 173 Å². The molecule has 2 aromatic heterocycles. The average molecular weight is 410 g/mol. The fourth-order valence-corrected chi connectivity index (χ4v) is 3.45. The van der Waals surface area contributed by atoms with Gasteiger partial charge in [0.1, 0.15) is 6.04 Å². The number of hydrogen-bond donors (Lipinski definition) is 2. The zero-order valence-corrected chi connectivity index (χ0v) is 16.9. The first-order valence-electron chi connectivity index (χ1n) is 9.40. The van der Waals surface area contributed by atoms with Crippen LogP contribution in [0.15, 0.2) is 66.2 Å². The number of pyridine rings is 1. The van der Waals surface area contributed by atoms with E-state index in [4.69, 9.17) is 4.74 Å². The Kier molecular flexibility index (Phi) is 7.35. The Morgan fingerprint density at radius 3 is 2.66 bits per heavy atom. The van der Waals surface area contributed by atoms with Crippen LogP contribution in [0.1, 0.15) is 27.7 Å². The number of thiophene rings is 1. The molecular weight excluding hydrogens is 386 g/mol. The van der Waals surface area contributed by atoms with Crippen molar-refractivity contribution in [1.82, 2.24) is 15.6 Å². The van der Waals surface area contributed by atoms with E-state index in [1.165, 1.54) is 11.3 Å². The van der Waals surface area contributed by atoms with Crippen LogP contribution in [-0.2, 0) is 17.8 Å². The van der Waals surface area contributed by atoms with Gasteiger partial charge in [0.15, 0.2) is 0 Å². The third kappa shape index (κ3) is 5.89. The number of hydrogen-bond acceptors (Lipinski definition) is 5. The minimum Gasteiger partial charge on any atom is -0.478 e. The number of rotatable bonds is 9. The van der Waals surface area contributed by atoms with Crippen molar-refractivity contribution in [3.8, 4) is 5.88 Å². The van der Waals surface area contributed by atoms with Crippen molar-refractivity contribution in [3.05, 3.63) is 82.2 Å². The number of amides is 2. The molecule has 6 nitrogen and oxygen atoms in total. The third-order valence-corrected chi connectivity index (χ3v) is 5.10. The zero-order valence-electron chi connectivity index (χ0n) is 16.1. The fraction of sp³-hybridized carbons (Fsp3) is 0.227. The largest absolute Gasteiger partial charge is 0.478 e. The number of carbonyl (C=O) groups is 2. The predicted octanol–water partition coefficient (Wildman–Crippen LogP) is 3.20. The molecule has 0 radical (unpaired) electrons. The Morgan fingerprint density at radius 1 is 1.10 bits per heavy atom. The second kappa shape index (κ2) is 10.4. The predicted molar refractivity (Wildman–Crippen MR) is 113 cm³/mol. The Morgan fingerprint density at radius 2 is 1.93 bits per heavy atom. The molecule has 0 aliphatic rings. The van der Waals surface area contributed by atoms with Gasteiger partial charge in [-0.25, -0.2) is 4.98 Å². The number of nitrogens with one attached hydrogen (secondary N) is 2. The lowest BCUT2D eigenvalue weighted by Gasteiger charge is -2.19. The number of aromatic nitrogens is 1. The molecule has 0 saturated carbocycles. The molecule has 3 rings (SSSR count). The molecular formula is C22H23N3O3S. The van der Waals surface area contributed by atoms with Crippen LogP contribution in [0, 0.1) is 0 Å². The lowest BCUT2D eigenvalue weighted by atomic mass is 10.0. The van der Waals surface area contributed by atoms with Crippen LogP contribution in [0.4, 0.5) is 0 Å². The van der Waals surface area contributed by atoms with Gasteiger partial charge in [-0.1, -0.05) is 42.5 Å². The minimum atomic E-state index is -0.695. The van der Waals surface area contributed by atoms with E-state index in [0.29, 0.717) is 23.8 Å². The van der Waals surface area contributed by atoms with Crippen LogP contribution in [0.25, 0.3) is 0 Å². The summed E-state index contributed by atoms with van der Waals surface area (Å²) in [5, 5.41) is 7.59. The van der Waals surface area contributed by atoms with Crippen LogP contribution in [0.2, 0.25) is 0 Å². The highest BCUT2D eigenvalue weighted by molar-refractivity contribution is 7.12. The summed E-state index contributed by atoms with van der Waals surface area (Å²) >= 11 is 1.34. The van der Waals surface area contributed by atoms with E-state index < -0.39 is 6.04 Å². The van der Waals surface area contributed by atoms with Crippen LogP contribution in [0.3, 0.4) is 0 Å². The maximum absolute atomic E-state index is 12.9. The van der Waals surface area contributed by atoms with Gasteiger partial charge in [0.2, 0.25) is 11.8 Å². The monoisotopic (exact) mass is 409 g/mol. The summed E-state index contributed by atoms with van der Waals surface area (Å²) in [4.78, 5) is 30.2. The van der Waals surface area contributed by atoms with Crippen molar-refractivity contribution in [2.45, 2.75) is 25.9 Å². The second-order valence-corrected chi connectivity index (χ2v) is 7.26. The molecule has 29 heavy (non-hydrogen) atoms. The molecule has 3 aromatic rings. The lowest BCUT2D eigenvalue weighted by Crippen LogP contribution is -2.47. The molecule has 7 heteroatoms. The first kappa shape index (κ1) is 20.5. The number of benzene rings is 1. The zero-order chi connectivity index (χ0) is 20.5. The van der Waals surface area contributed by atoms with Crippen molar-refractivity contribution < 1.29 is 14.3 Å². The summed E-state index contributed by atoms with van der Waals surface area (Å²) in [7, 11) is 0. The first-order chi connectivity index (χ1) is 14.2. The fourth-order valence-electron chi connectivity index (χ4n) is 2.83. The molecule has 2 amide bonds. The van der Waals surface area contributed by atoms with Crippen LogP contribution >= 0.6 is 11.3 Å². The highest BCUT2D eigenvalue weighted by Crippen LogP contribution is 2.14. The molecule has 1 aromatic carbocycles. The van der Waals surface area contributed by atoms with E-state index in [9.17, 15) is 9.59 Å².